The number of thiophene rings is 1. The van der Waals surface area contributed by atoms with Crippen molar-refractivity contribution in [3.63, 3.8) is 0 Å². The number of benzene rings is 1. The second kappa shape index (κ2) is 12.2. The molecule has 1 aromatic carbocycles. The lowest BCUT2D eigenvalue weighted by molar-refractivity contribution is 0.706. The van der Waals surface area contributed by atoms with Gasteiger partial charge in [0.05, 0.1) is 17.2 Å². The maximum Gasteiger partial charge on any atom is 0.191 e. The van der Waals surface area contributed by atoms with Gasteiger partial charge in [0, 0.05) is 36.2 Å². The second-order valence-corrected chi connectivity index (χ2v) is 8.36. The molecule has 0 amide bonds. The van der Waals surface area contributed by atoms with Crippen molar-refractivity contribution in [1.29, 1.82) is 0 Å². The highest BCUT2D eigenvalue weighted by Gasteiger charge is 2.08. The topological polar surface area (TPSA) is 49.3 Å². The maximum absolute atomic E-state index is 4.74. The van der Waals surface area contributed by atoms with Crippen molar-refractivity contribution >= 4 is 52.6 Å². The van der Waals surface area contributed by atoms with E-state index >= 15 is 0 Å². The third kappa shape index (κ3) is 7.18. The van der Waals surface area contributed by atoms with Crippen LogP contribution in [-0.2, 0) is 19.4 Å². The lowest BCUT2D eigenvalue weighted by Crippen LogP contribution is -2.38. The predicted molar refractivity (Wildman–Crippen MR) is 132 cm³/mol. The number of rotatable bonds is 8. The highest BCUT2D eigenvalue weighted by molar-refractivity contribution is 14.0. The molecular formula is C21H27IN4S2. The van der Waals surface area contributed by atoms with Crippen LogP contribution in [0.3, 0.4) is 0 Å². The normalized spacial score (nSPS) is 12.3. The number of thiazole rings is 1. The van der Waals surface area contributed by atoms with E-state index in [9.17, 15) is 0 Å². The molecule has 4 nitrogen and oxygen atoms in total. The van der Waals surface area contributed by atoms with Crippen molar-refractivity contribution in [2.24, 2.45) is 4.99 Å². The Labute approximate surface area is 192 Å². The lowest BCUT2D eigenvalue weighted by atomic mass is 10.1. The first-order valence-electron chi connectivity index (χ1n) is 9.19. The molecule has 0 bridgehead atoms. The van der Waals surface area contributed by atoms with Crippen molar-refractivity contribution in [3.05, 3.63) is 74.4 Å². The molecule has 2 N–H and O–H groups in total. The number of guanidine groups is 1. The van der Waals surface area contributed by atoms with Crippen LogP contribution in [-0.4, -0.2) is 24.5 Å². The molecule has 0 aliphatic carbocycles. The Morgan fingerprint density at radius 1 is 1.07 bits per heavy atom. The van der Waals surface area contributed by atoms with Crippen molar-refractivity contribution < 1.29 is 0 Å². The van der Waals surface area contributed by atoms with Crippen molar-refractivity contribution in [1.82, 2.24) is 15.6 Å². The zero-order valence-electron chi connectivity index (χ0n) is 16.2. The smallest absolute Gasteiger partial charge is 0.191 e. The summed E-state index contributed by atoms with van der Waals surface area (Å²) in [5.41, 5.74) is 2.43. The summed E-state index contributed by atoms with van der Waals surface area (Å²) in [6.07, 6.45) is 2.02. The predicted octanol–water partition coefficient (Wildman–Crippen LogP) is 5.08. The van der Waals surface area contributed by atoms with Crippen LogP contribution in [0.2, 0.25) is 0 Å². The molecule has 0 spiro atoms. The molecular weight excluding hydrogens is 499 g/mol. The number of nitrogens with one attached hydrogen (secondary N) is 2. The zero-order chi connectivity index (χ0) is 18.9. The zero-order valence-corrected chi connectivity index (χ0v) is 20.2. The summed E-state index contributed by atoms with van der Waals surface area (Å²) in [4.78, 5) is 10.4. The fourth-order valence-corrected chi connectivity index (χ4v) is 4.34. The molecule has 1 unspecified atom stereocenters. The van der Waals surface area contributed by atoms with Gasteiger partial charge in [0.25, 0.3) is 0 Å². The number of halogens is 1. The first kappa shape index (κ1) is 22.8. The number of aromatic nitrogens is 1. The summed E-state index contributed by atoms with van der Waals surface area (Å²) in [5.74, 6) is 1.28. The van der Waals surface area contributed by atoms with Gasteiger partial charge >= 0.3 is 0 Å². The number of nitrogens with zero attached hydrogens (tertiary/aromatic N) is 2. The molecule has 0 radical (unpaired) electrons. The minimum atomic E-state index is 0. The van der Waals surface area contributed by atoms with E-state index in [-0.39, 0.29) is 24.0 Å². The third-order valence-corrected chi connectivity index (χ3v) is 6.40. The van der Waals surface area contributed by atoms with Gasteiger partial charge in [0.15, 0.2) is 5.96 Å². The van der Waals surface area contributed by atoms with Crippen molar-refractivity contribution in [2.75, 3.05) is 13.6 Å². The summed E-state index contributed by atoms with van der Waals surface area (Å²) in [6, 6.07) is 14.8. The summed E-state index contributed by atoms with van der Waals surface area (Å²) < 4.78 is 0. The molecule has 3 aromatic rings. The monoisotopic (exact) mass is 526 g/mol. The molecule has 150 valence electrons. The fraction of sp³-hybridized carbons (Fsp3) is 0.333. The standard InChI is InChI=1S/C21H26N4S2.HI/c1-16(19-9-6-12-26-19)13-23-21(22-2)24-14-18-15-27-20(25-18)11-10-17-7-4-3-5-8-17;/h3-9,12,15-16H,10-11,13-14H2,1-2H3,(H2,22,23,24);1H. The molecule has 0 saturated carbocycles. The van der Waals surface area contributed by atoms with E-state index < -0.39 is 0 Å². The molecule has 7 heteroatoms. The molecule has 0 saturated heterocycles. The Hall–Kier alpha value is -1.45. The van der Waals surface area contributed by atoms with E-state index in [2.05, 4.69) is 75.8 Å². The lowest BCUT2D eigenvalue weighted by Gasteiger charge is -2.14. The van der Waals surface area contributed by atoms with Gasteiger partial charge in [0.1, 0.15) is 0 Å². The molecule has 2 aromatic heterocycles. The Morgan fingerprint density at radius 3 is 2.61 bits per heavy atom. The molecule has 0 aliphatic rings. The SMILES string of the molecule is CN=C(NCc1csc(CCc2ccccc2)n1)NCC(C)c1cccs1.I. The molecule has 0 aliphatic heterocycles. The second-order valence-electron chi connectivity index (χ2n) is 6.44. The van der Waals surface area contributed by atoms with Crippen LogP contribution >= 0.6 is 46.7 Å². The van der Waals surface area contributed by atoms with Gasteiger partial charge in [-0.25, -0.2) is 4.98 Å². The van der Waals surface area contributed by atoms with Crippen LogP contribution in [0.1, 0.15) is 34.0 Å². The Bertz CT molecular complexity index is 831. The summed E-state index contributed by atoms with van der Waals surface area (Å²) in [7, 11) is 1.80. The van der Waals surface area contributed by atoms with Gasteiger partial charge in [-0.1, -0.05) is 43.3 Å². The number of hydrogen-bond donors (Lipinski definition) is 2. The van der Waals surface area contributed by atoms with Crippen LogP contribution in [0.5, 0.6) is 0 Å². The van der Waals surface area contributed by atoms with Gasteiger partial charge in [0.2, 0.25) is 0 Å². The summed E-state index contributed by atoms with van der Waals surface area (Å²) in [5, 5.41) is 12.2. The average Bonchev–Trinajstić information content (AvgIpc) is 3.39. The third-order valence-electron chi connectivity index (χ3n) is 4.33. The van der Waals surface area contributed by atoms with Crippen LogP contribution in [0.25, 0.3) is 0 Å². The number of hydrogen-bond acceptors (Lipinski definition) is 4. The van der Waals surface area contributed by atoms with Crippen LogP contribution in [0.4, 0.5) is 0 Å². The summed E-state index contributed by atoms with van der Waals surface area (Å²) in [6.45, 7) is 3.78. The fourth-order valence-electron chi connectivity index (χ4n) is 2.76. The van der Waals surface area contributed by atoms with Gasteiger partial charge in [-0.15, -0.1) is 46.7 Å². The maximum atomic E-state index is 4.74. The average molecular weight is 527 g/mol. The minimum absolute atomic E-state index is 0. The molecule has 1 atom stereocenters. The van der Waals surface area contributed by atoms with Crippen LogP contribution < -0.4 is 10.6 Å². The molecule has 2 heterocycles. The quantitative estimate of drug-likeness (QED) is 0.245. The van der Waals surface area contributed by atoms with E-state index in [1.807, 2.05) is 0 Å². The first-order valence-corrected chi connectivity index (χ1v) is 11.0. The van der Waals surface area contributed by atoms with Gasteiger partial charge in [-0.05, 0) is 23.4 Å². The van der Waals surface area contributed by atoms with Crippen molar-refractivity contribution in [2.45, 2.75) is 32.2 Å². The van der Waals surface area contributed by atoms with Gasteiger partial charge in [-0.3, -0.25) is 4.99 Å². The van der Waals surface area contributed by atoms with E-state index in [4.69, 9.17) is 4.98 Å². The van der Waals surface area contributed by atoms with E-state index in [1.54, 1.807) is 29.7 Å². The Balaban J connectivity index is 0.00000280. The highest BCUT2D eigenvalue weighted by atomic mass is 127. The molecule has 3 rings (SSSR count). The van der Waals surface area contributed by atoms with E-state index in [0.29, 0.717) is 12.5 Å². The number of aryl methyl sites for hydroxylation is 2. The van der Waals surface area contributed by atoms with Crippen LogP contribution in [0.15, 0.2) is 58.2 Å². The van der Waals surface area contributed by atoms with Crippen molar-refractivity contribution in [3.8, 4) is 0 Å². The molecule has 0 fully saturated rings. The minimum Gasteiger partial charge on any atom is -0.356 e. The number of aliphatic imine (C=N–C) groups is 1. The van der Waals surface area contributed by atoms with E-state index in [0.717, 1.165) is 31.0 Å². The first-order chi connectivity index (χ1) is 13.2. The highest BCUT2D eigenvalue weighted by Crippen LogP contribution is 2.19. The van der Waals surface area contributed by atoms with Gasteiger partial charge in [-0.2, -0.15) is 0 Å². The van der Waals surface area contributed by atoms with Gasteiger partial charge < -0.3 is 10.6 Å². The summed E-state index contributed by atoms with van der Waals surface area (Å²) >= 11 is 3.53. The van der Waals surface area contributed by atoms with Crippen LogP contribution in [0, 0.1) is 0 Å². The van der Waals surface area contributed by atoms with E-state index in [1.165, 1.54) is 15.4 Å². The molecule has 28 heavy (non-hydrogen) atoms. The Morgan fingerprint density at radius 2 is 1.89 bits per heavy atom. The largest absolute Gasteiger partial charge is 0.356 e. The Kier molecular flexibility index (Phi) is 9.94.